The lowest BCUT2D eigenvalue weighted by atomic mass is 10.0. The fourth-order valence-corrected chi connectivity index (χ4v) is 2.99. The molecule has 3 aromatic rings. The standard InChI is InChI=1S/C22H23N3O5/c1-29-20(26)13-24-21(27)19(11-16-12-23-18-10-6-5-9-17(16)18)25-22(28)30-14-15-7-3-2-4-8-15/h2-10,12,19,23H,11,13-14H2,1H3,(H,24,27)(H,25,28). The highest BCUT2D eigenvalue weighted by atomic mass is 16.5. The van der Waals surface area contributed by atoms with Crippen molar-refractivity contribution in [2.45, 2.75) is 19.1 Å². The number of benzene rings is 2. The molecule has 0 fully saturated rings. The van der Waals surface area contributed by atoms with Crippen LogP contribution in [0.5, 0.6) is 0 Å². The number of H-pyrrole nitrogens is 1. The number of rotatable bonds is 8. The summed E-state index contributed by atoms with van der Waals surface area (Å²) in [6, 6.07) is 15.9. The lowest BCUT2D eigenvalue weighted by Crippen LogP contribution is -2.49. The van der Waals surface area contributed by atoms with Gasteiger partial charge in [0, 0.05) is 23.5 Å². The molecule has 0 radical (unpaired) electrons. The highest BCUT2D eigenvalue weighted by Crippen LogP contribution is 2.19. The molecule has 0 bridgehead atoms. The predicted octanol–water partition coefficient (Wildman–Crippen LogP) is 2.29. The van der Waals surface area contributed by atoms with Crippen LogP contribution in [-0.4, -0.2) is 42.7 Å². The van der Waals surface area contributed by atoms with Gasteiger partial charge in [-0.15, -0.1) is 0 Å². The Balaban J connectivity index is 1.69. The van der Waals surface area contributed by atoms with Crippen LogP contribution >= 0.6 is 0 Å². The number of esters is 1. The summed E-state index contributed by atoms with van der Waals surface area (Å²) in [5, 5.41) is 6.02. The molecule has 156 valence electrons. The molecule has 8 heteroatoms. The number of hydrogen-bond acceptors (Lipinski definition) is 5. The van der Waals surface area contributed by atoms with Crippen LogP contribution in [0.3, 0.4) is 0 Å². The minimum absolute atomic E-state index is 0.0796. The lowest BCUT2D eigenvalue weighted by molar-refractivity contribution is -0.141. The van der Waals surface area contributed by atoms with E-state index < -0.39 is 24.0 Å². The monoisotopic (exact) mass is 409 g/mol. The number of ether oxygens (including phenoxy) is 2. The average Bonchev–Trinajstić information content (AvgIpc) is 3.19. The van der Waals surface area contributed by atoms with Crippen molar-refractivity contribution in [3.63, 3.8) is 0 Å². The van der Waals surface area contributed by atoms with Crippen LogP contribution in [0, 0.1) is 0 Å². The Hall–Kier alpha value is -3.81. The van der Waals surface area contributed by atoms with Crippen LogP contribution in [0.1, 0.15) is 11.1 Å². The summed E-state index contributed by atoms with van der Waals surface area (Å²) in [7, 11) is 1.23. The van der Waals surface area contributed by atoms with Gasteiger partial charge in [-0.2, -0.15) is 0 Å². The van der Waals surface area contributed by atoms with Crippen LogP contribution in [0.25, 0.3) is 10.9 Å². The molecule has 0 aliphatic carbocycles. The Labute approximate surface area is 173 Å². The zero-order valence-electron chi connectivity index (χ0n) is 16.5. The number of methoxy groups -OCH3 is 1. The molecule has 0 saturated carbocycles. The predicted molar refractivity (Wildman–Crippen MR) is 111 cm³/mol. The highest BCUT2D eigenvalue weighted by Gasteiger charge is 2.24. The van der Waals surface area contributed by atoms with E-state index in [9.17, 15) is 14.4 Å². The molecule has 0 spiro atoms. The number of aromatic nitrogens is 1. The summed E-state index contributed by atoms with van der Waals surface area (Å²) in [6.45, 7) is -0.212. The zero-order chi connectivity index (χ0) is 21.3. The summed E-state index contributed by atoms with van der Waals surface area (Å²) in [5.74, 6) is -1.09. The number of hydrogen-bond donors (Lipinski definition) is 3. The molecule has 2 amide bonds. The van der Waals surface area contributed by atoms with Gasteiger partial charge in [-0.25, -0.2) is 4.79 Å². The molecule has 1 unspecified atom stereocenters. The second-order valence-corrected chi connectivity index (χ2v) is 6.62. The summed E-state index contributed by atoms with van der Waals surface area (Å²) in [5.41, 5.74) is 2.61. The summed E-state index contributed by atoms with van der Waals surface area (Å²) < 4.78 is 9.77. The Bertz CT molecular complexity index is 1020. The Kier molecular flexibility index (Phi) is 7.05. The SMILES string of the molecule is COC(=O)CNC(=O)C(Cc1c[nH]c2ccccc12)NC(=O)OCc1ccccc1. The number of carbonyl (C=O) groups excluding carboxylic acids is 3. The smallest absolute Gasteiger partial charge is 0.408 e. The van der Waals surface area contributed by atoms with Gasteiger partial charge in [0.05, 0.1) is 7.11 Å². The fourth-order valence-electron chi connectivity index (χ4n) is 2.99. The number of para-hydroxylation sites is 1. The van der Waals surface area contributed by atoms with Gasteiger partial charge < -0.3 is 25.1 Å². The molecular weight excluding hydrogens is 386 g/mol. The van der Waals surface area contributed by atoms with Crippen LogP contribution in [-0.2, 0) is 32.1 Å². The number of fused-ring (bicyclic) bond motifs is 1. The molecule has 1 aromatic heterocycles. The van der Waals surface area contributed by atoms with E-state index in [1.54, 1.807) is 6.20 Å². The molecule has 0 aliphatic rings. The van der Waals surface area contributed by atoms with E-state index in [0.717, 1.165) is 22.0 Å². The number of carbonyl (C=O) groups is 3. The van der Waals surface area contributed by atoms with Crippen molar-refractivity contribution >= 4 is 28.9 Å². The first-order valence-electron chi connectivity index (χ1n) is 9.43. The first kappa shape index (κ1) is 20.9. The minimum Gasteiger partial charge on any atom is -0.468 e. The van der Waals surface area contributed by atoms with Crippen molar-refractivity contribution in [3.05, 3.63) is 71.9 Å². The third kappa shape index (κ3) is 5.60. The molecule has 30 heavy (non-hydrogen) atoms. The van der Waals surface area contributed by atoms with Gasteiger partial charge in [-0.3, -0.25) is 9.59 Å². The summed E-state index contributed by atoms with van der Waals surface area (Å²) in [4.78, 5) is 39.4. The first-order chi connectivity index (χ1) is 14.6. The topological polar surface area (TPSA) is 110 Å². The van der Waals surface area contributed by atoms with Crippen LogP contribution in [0.2, 0.25) is 0 Å². The molecule has 3 rings (SSSR count). The Morgan fingerprint density at radius 2 is 1.77 bits per heavy atom. The van der Waals surface area contributed by atoms with E-state index in [1.807, 2.05) is 54.6 Å². The molecule has 0 aliphatic heterocycles. The van der Waals surface area contributed by atoms with Crippen molar-refractivity contribution < 1.29 is 23.9 Å². The molecule has 0 saturated heterocycles. The van der Waals surface area contributed by atoms with E-state index in [1.165, 1.54) is 7.11 Å². The summed E-state index contributed by atoms with van der Waals surface area (Å²) in [6.07, 6.45) is 1.29. The van der Waals surface area contributed by atoms with E-state index >= 15 is 0 Å². The Morgan fingerprint density at radius 3 is 2.53 bits per heavy atom. The quantitative estimate of drug-likeness (QED) is 0.495. The van der Waals surface area contributed by atoms with Gasteiger partial charge in [0.15, 0.2) is 0 Å². The van der Waals surface area contributed by atoms with Crippen molar-refractivity contribution in [2.75, 3.05) is 13.7 Å². The van der Waals surface area contributed by atoms with Gasteiger partial charge in [0.25, 0.3) is 0 Å². The first-order valence-corrected chi connectivity index (χ1v) is 9.43. The van der Waals surface area contributed by atoms with Crippen molar-refractivity contribution in [1.29, 1.82) is 0 Å². The number of aromatic amines is 1. The molecular formula is C22H23N3O5. The Morgan fingerprint density at radius 1 is 1.03 bits per heavy atom. The van der Waals surface area contributed by atoms with E-state index in [0.29, 0.717) is 0 Å². The van der Waals surface area contributed by atoms with Crippen LogP contribution in [0.4, 0.5) is 4.79 Å². The average molecular weight is 409 g/mol. The van der Waals surface area contributed by atoms with Gasteiger partial charge in [-0.1, -0.05) is 48.5 Å². The van der Waals surface area contributed by atoms with Gasteiger partial charge in [0.1, 0.15) is 19.2 Å². The van der Waals surface area contributed by atoms with Crippen molar-refractivity contribution in [1.82, 2.24) is 15.6 Å². The number of nitrogens with one attached hydrogen (secondary N) is 3. The summed E-state index contributed by atoms with van der Waals surface area (Å²) >= 11 is 0. The largest absolute Gasteiger partial charge is 0.468 e. The molecule has 8 nitrogen and oxygen atoms in total. The van der Waals surface area contributed by atoms with Crippen LogP contribution < -0.4 is 10.6 Å². The van der Waals surface area contributed by atoms with Crippen LogP contribution in [0.15, 0.2) is 60.8 Å². The third-order valence-electron chi connectivity index (χ3n) is 4.55. The third-order valence-corrected chi connectivity index (χ3v) is 4.55. The van der Waals surface area contributed by atoms with Crippen molar-refractivity contribution in [3.8, 4) is 0 Å². The number of alkyl carbamates (subject to hydrolysis) is 1. The number of amides is 2. The molecule has 1 atom stereocenters. The maximum atomic E-state index is 12.6. The normalized spacial score (nSPS) is 11.5. The van der Waals surface area contributed by atoms with E-state index in [2.05, 4.69) is 20.4 Å². The fraction of sp³-hybridized carbons (Fsp3) is 0.227. The molecule has 3 N–H and O–H groups in total. The lowest BCUT2D eigenvalue weighted by Gasteiger charge is -2.18. The van der Waals surface area contributed by atoms with E-state index in [-0.39, 0.29) is 19.6 Å². The van der Waals surface area contributed by atoms with Crippen molar-refractivity contribution in [2.24, 2.45) is 0 Å². The van der Waals surface area contributed by atoms with Gasteiger partial charge in [0.2, 0.25) is 5.91 Å². The maximum absolute atomic E-state index is 12.6. The minimum atomic E-state index is -0.933. The van der Waals surface area contributed by atoms with Gasteiger partial charge >= 0.3 is 12.1 Å². The van der Waals surface area contributed by atoms with Gasteiger partial charge in [-0.05, 0) is 17.2 Å². The highest BCUT2D eigenvalue weighted by molar-refractivity contribution is 5.90. The molecule has 2 aromatic carbocycles. The molecule has 1 heterocycles. The zero-order valence-corrected chi connectivity index (χ0v) is 16.5. The second kappa shape index (κ2) is 10.1. The second-order valence-electron chi connectivity index (χ2n) is 6.62. The van der Waals surface area contributed by atoms with E-state index in [4.69, 9.17) is 4.74 Å². The maximum Gasteiger partial charge on any atom is 0.408 e.